The molecule has 0 heterocycles. The molecule has 3 nitrogen and oxygen atoms in total. The zero-order valence-corrected chi connectivity index (χ0v) is 14.0. The summed E-state index contributed by atoms with van der Waals surface area (Å²) in [5, 5.41) is 10.2. The molecule has 0 N–H and O–H groups in total. The first-order valence-corrected chi connectivity index (χ1v) is 8.54. The second-order valence-electron chi connectivity index (χ2n) is 4.25. The number of benzene rings is 2. The van der Waals surface area contributed by atoms with Crippen molar-refractivity contribution >= 4 is 50.7 Å². The highest BCUT2D eigenvalue weighted by atomic mass is 35.5. The lowest BCUT2D eigenvalue weighted by Gasteiger charge is -2.04. The van der Waals surface area contributed by atoms with Gasteiger partial charge < -0.3 is 0 Å². The SMILES string of the molecule is N#C/C(=C/c1ccc(Cl)c(Cl)c1)S(=O)(=O)c1ccc(Cl)cc1. The van der Waals surface area contributed by atoms with Gasteiger partial charge in [-0.1, -0.05) is 40.9 Å². The average Bonchev–Trinajstić information content (AvgIpc) is 2.48. The number of sulfone groups is 1. The predicted molar refractivity (Wildman–Crippen MR) is 88.7 cm³/mol. The van der Waals surface area contributed by atoms with Gasteiger partial charge in [-0.3, -0.25) is 0 Å². The van der Waals surface area contributed by atoms with Crippen LogP contribution in [0.25, 0.3) is 6.08 Å². The number of hydrogen-bond donors (Lipinski definition) is 0. The van der Waals surface area contributed by atoms with Crippen LogP contribution in [0.15, 0.2) is 52.3 Å². The molecule has 22 heavy (non-hydrogen) atoms. The minimum Gasteiger partial charge on any atom is -0.218 e. The maximum Gasteiger partial charge on any atom is 0.216 e. The molecular formula is C15H8Cl3NO2S. The van der Waals surface area contributed by atoms with Gasteiger partial charge >= 0.3 is 0 Å². The largest absolute Gasteiger partial charge is 0.218 e. The van der Waals surface area contributed by atoms with Crippen LogP contribution in [0.1, 0.15) is 5.56 Å². The quantitative estimate of drug-likeness (QED) is 0.713. The molecule has 112 valence electrons. The third kappa shape index (κ3) is 3.63. The third-order valence-electron chi connectivity index (χ3n) is 2.77. The zero-order valence-electron chi connectivity index (χ0n) is 10.9. The first-order chi connectivity index (χ1) is 10.3. The van der Waals surface area contributed by atoms with Gasteiger partial charge in [0.05, 0.1) is 14.9 Å². The van der Waals surface area contributed by atoms with E-state index in [4.69, 9.17) is 34.8 Å². The summed E-state index contributed by atoms with van der Waals surface area (Å²) in [6.07, 6.45) is 1.24. The number of halogens is 3. The summed E-state index contributed by atoms with van der Waals surface area (Å²) in [5.41, 5.74) is 0.462. The van der Waals surface area contributed by atoms with Gasteiger partial charge in [-0.15, -0.1) is 0 Å². The Balaban J connectivity index is 2.51. The van der Waals surface area contributed by atoms with Crippen molar-refractivity contribution in [2.45, 2.75) is 4.90 Å². The number of hydrogen-bond acceptors (Lipinski definition) is 3. The van der Waals surface area contributed by atoms with Crippen molar-refractivity contribution in [3.63, 3.8) is 0 Å². The van der Waals surface area contributed by atoms with Crippen LogP contribution < -0.4 is 0 Å². The molecule has 7 heteroatoms. The Kier molecular flexibility index (Phi) is 5.15. The molecule has 0 saturated heterocycles. The Morgan fingerprint density at radius 3 is 2.18 bits per heavy atom. The van der Waals surface area contributed by atoms with Crippen LogP contribution in [0.2, 0.25) is 15.1 Å². The Labute approximate surface area is 143 Å². The van der Waals surface area contributed by atoms with Gasteiger partial charge in [-0.05, 0) is 48.0 Å². The summed E-state index contributed by atoms with van der Waals surface area (Å²) in [5.74, 6) is 0. The highest BCUT2D eigenvalue weighted by Crippen LogP contribution is 2.26. The maximum absolute atomic E-state index is 12.4. The van der Waals surface area contributed by atoms with Crippen LogP contribution in [-0.4, -0.2) is 8.42 Å². The van der Waals surface area contributed by atoms with Crippen LogP contribution in [0.5, 0.6) is 0 Å². The van der Waals surface area contributed by atoms with Crippen LogP contribution in [0, 0.1) is 11.3 Å². The van der Waals surface area contributed by atoms with E-state index in [1.165, 1.54) is 42.5 Å². The van der Waals surface area contributed by atoms with E-state index in [-0.39, 0.29) is 9.92 Å². The van der Waals surface area contributed by atoms with E-state index < -0.39 is 14.7 Å². The fourth-order valence-electron chi connectivity index (χ4n) is 1.66. The van der Waals surface area contributed by atoms with Crippen molar-refractivity contribution in [1.29, 1.82) is 5.26 Å². The van der Waals surface area contributed by atoms with Crippen LogP contribution >= 0.6 is 34.8 Å². The van der Waals surface area contributed by atoms with Gasteiger partial charge in [0.15, 0.2) is 0 Å². The minimum absolute atomic E-state index is 0.00948. The lowest BCUT2D eigenvalue weighted by molar-refractivity contribution is 0.603. The fraction of sp³-hybridized carbons (Fsp3) is 0. The zero-order chi connectivity index (χ0) is 16.3. The number of nitrogens with zero attached hydrogens (tertiary/aromatic N) is 1. The Hall–Kier alpha value is -1.51. The van der Waals surface area contributed by atoms with E-state index in [9.17, 15) is 13.7 Å². The Morgan fingerprint density at radius 2 is 1.64 bits per heavy atom. The lowest BCUT2D eigenvalue weighted by Crippen LogP contribution is -2.03. The highest BCUT2D eigenvalue weighted by molar-refractivity contribution is 7.95. The molecule has 2 aromatic rings. The maximum atomic E-state index is 12.4. The molecule has 2 aromatic carbocycles. The second kappa shape index (κ2) is 6.72. The summed E-state index contributed by atoms with van der Waals surface area (Å²) in [4.78, 5) is -0.405. The summed E-state index contributed by atoms with van der Waals surface area (Å²) >= 11 is 17.4. The molecule has 0 radical (unpaired) electrons. The number of allylic oxidation sites excluding steroid dienone is 1. The first kappa shape index (κ1) is 16.9. The molecule has 0 aliphatic carbocycles. The smallest absolute Gasteiger partial charge is 0.216 e. The monoisotopic (exact) mass is 371 g/mol. The first-order valence-electron chi connectivity index (χ1n) is 5.92. The van der Waals surface area contributed by atoms with Gasteiger partial charge in [-0.2, -0.15) is 5.26 Å². The highest BCUT2D eigenvalue weighted by Gasteiger charge is 2.20. The van der Waals surface area contributed by atoms with Gasteiger partial charge in [0, 0.05) is 5.02 Å². The molecule has 0 aromatic heterocycles. The second-order valence-corrected chi connectivity index (χ2v) is 7.42. The van der Waals surface area contributed by atoms with Crippen molar-refractivity contribution in [3.05, 3.63) is 68.0 Å². The molecule has 0 atom stereocenters. The molecule has 0 aliphatic rings. The Morgan fingerprint density at radius 1 is 1.00 bits per heavy atom. The topological polar surface area (TPSA) is 57.9 Å². The minimum atomic E-state index is -3.92. The standard InChI is InChI=1S/C15H8Cl3NO2S/c16-11-2-4-12(5-3-11)22(20,21)13(9-19)7-10-1-6-14(17)15(18)8-10/h1-8H/b13-7-. The van der Waals surface area contributed by atoms with E-state index in [2.05, 4.69) is 0 Å². The van der Waals surface area contributed by atoms with Crippen LogP contribution in [-0.2, 0) is 9.84 Å². The van der Waals surface area contributed by atoms with Gasteiger partial charge in [0.2, 0.25) is 9.84 Å². The van der Waals surface area contributed by atoms with E-state index >= 15 is 0 Å². The van der Waals surface area contributed by atoms with Crippen molar-refractivity contribution in [2.75, 3.05) is 0 Å². The van der Waals surface area contributed by atoms with Crippen molar-refractivity contribution in [1.82, 2.24) is 0 Å². The van der Waals surface area contributed by atoms with E-state index in [1.807, 2.05) is 0 Å². The molecule has 0 spiro atoms. The van der Waals surface area contributed by atoms with Gasteiger partial charge in [0.25, 0.3) is 0 Å². The Bertz CT molecular complexity index is 882. The van der Waals surface area contributed by atoms with Crippen LogP contribution in [0.4, 0.5) is 0 Å². The molecule has 0 bridgehead atoms. The molecule has 0 saturated carbocycles. The molecule has 0 aliphatic heterocycles. The number of rotatable bonds is 3. The van der Waals surface area contributed by atoms with Gasteiger partial charge in [-0.25, -0.2) is 8.42 Å². The summed E-state index contributed by atoms with van der Waals surface area (Å²) < 4.78 is 24.9. The van der Waals surface area contributed by atoms with Crippen LogP contribution in [0.3, 0.4) is 0 Å². The van der Waals surface area contributed by atoms with E-state index in [0.717, 1.165) is 0 Å². The summed E-state index contributed by atoms with van der Waals surface area (Å²) in [6.45, 7) is 0. The average molecular weight is 373 g/mol. The van der Waals surface area contributed by atoms with E-state index in [0.29, 0.717) is 15.6 Å². The van der Waals surface area contributed by atoms with Crippen molar-refractivity contribution in [2.24, 2.45) is 0 Å². The molecular weight excluding hydrogens is 365 g/mol. The third-order valence-corrected chi connectivity index (χ3v) is 5.44. The van der Waals surface area contributed by atoms with Crippen molar-refractivity contribution in [3.8, 4) is 6.07 Å². The fourth-order valence-corrected chi connectivity index (χ4v) is 3.26. The van der Waals surface area contributed by atoms with Crippen molar-refractivity contribution < 1.29 is 8.42 Å². The van der Waals surface area contributed by atoms with E-state index in [1.54, 1.807) is 12.1 Å². The van der Waals surface area contributed by atoms with Gasteiger partial charge in [0.1, 0.15) is 11.0 Å². The molecule has 0 amide bonds. The molecule has 0 fully saturated rings. The summed E-state index contributed by atoms with van der Waals surface area (Å²) in [6, 6.07) is 11.9. The predicted octanol–water partition coefficient (Wildman–Crippen LogP) is 4.99. The number of nitriles is 1. The normalized spacial score (nSPS) is 12.0. The summed E-state index contributed by atoms with van der Waals surface area (Å²) in [7, 11) is -3.92. The molecule has 0 unspecified atom stereocenters. The molecule has 2 rings (SSSR count). The lowest BCUT2D eigenvalue weighted by atomic mass is 10.2.